The molecule has 0 spiro atoms. The Morgan fingerprint density at radius 2 is 2.25 bits per heavy atom. The second kappa shape index (κ2) is 9.21. The minimum Gasteiger partial charge on any atom is -0.383 e. The zero-order valence-electron chi connectivity index (χ0n) is 13.3. The van der Waals surface area contributed by atoms with E-state index in [2.05, 4.69) is 48.4 Å². The van der Waals surface area contributed by atoms with Gasteiger partial charge in [-0.25, -0.2) is 4.98 Å². The number of ether oxygens (including phenoxy) is 1. The van der Waals surface area contributed by atoms with E-state index < -0.39 is 0 Å². The number of hydrogen-bond donors (Lipinski definition) is 1. The zero-order valence-corrected chi connectivity index (χ0v) is 14.1. The van der Waals surface area contributed by atoms with Crippen LogP contribution in [0, 0.1) is 6.92 Å². The molecule has 0 aliphatic rings. The van der Waals surface area contributed by atoms with Crippen molar-refractivity contribution in [2.75, 3.05) is 44.2 Å². The first-order valence-corrected chi connectivity index (χ1v) is 8.36. The van der Waals surface area contributed by atoms with Gasteiger partial charge in [0.2, 0.25) is 0 Å². The predicted octanol–water partition coefficient (Wildman–Crippen LogP) is 2.31. The Hall–Kier alpha value is -0.780. The minimum absolute atomic E-state index is 0.488. The van der Waals surface area contributed by atoms with Crippen molar-refractivity contribution in [3.05, 3.63) is 23.4 Å². The Bertz CT molecular complexity index is 401. The molecule has 0 saturated heterocycles. The van der Waals surface area contributed by atoms with Gasteiger partial charge in [0.25, 0.3) is 0 Å². The highest BCUT2D eigenvalue weighted by molar-refractivity contribution is 7.98. The van der Waals surface area contributed by atoms with Crippen LogP contribution in [0.2, 0.25) is 0 Å². The number of hydrogen-bond acceptors (Lipinski definition) is 5. The lowest BCUT2D eigenvalue weighted by molar-refractivity contribution is 0.199. The first-order valence-electron chi connectivity index (χ1n) is 6.97. The van der Waals surface area contributed by atoms with Gasteiger partial charge in [-0.3, -0.25) is 0 Å². The fourth-order valence-electron chi connectivity index (χ4n) is 2.06. The molecule has 1 aromatic heterocycles. The van der Waals surface area contributed by atoms with Gasteiger partial charge in [-0.2, -0.15) is 11.8 Å². The van der Waals surface area contributed by atoms with Crippen LogP contribution < -0.4 is 10.2 Å². The van der Waals surface area contributed by atoms with E-state index in [4.69, 9.17) is 4.74 Å². The summed E-state index contributed by atoms with van der Waals surface area (Å²) in [6.07, 6.45) is 4.10. The normalized spacial score (nSPS) is 12.4. The molecule has 1 rings (SSSR count). The van der Waals surface area contributed by atoms with Gasteiger partial charge < -0.3 is 15.0 Å². The molecule has 1 heterocycles. The van der Waals surface area contributed by atoms with Crippen molar-refractivity contribution in [1.29, 1.82) is 0 Å². The SMILES string of the molecule is COCCNCc1cnc(N(C)C(C)CSC)c(C)c1. The molecule has 0 saturated carbocycles. The number of methoxy groups -OCH3 is 1. The van der Waals surface area contributed by atoms with Gasteiger partial charge in [0.1, 0.15) is 5.82 Å². The van der Waals surface area contributed by atoms with Crippen LogP contribution in [-0.4, -0.2) is 50.3 Å². The van der Waals surface area contributed by atoms with E-state index in [1.807, 2.05) is 18.0 Å². The van der Waals surface area contributed by atoms with Crippen LogP contribution in [0.25, 0.3) is 0 Å². The van der Waals surface area contributed by atoms with Crippen molar-refractivity contribution >= 4 is 17.6 Å². The van der Waals surface area contributed by atoms with Crippen LogP contribution in [-0.2, 0) is 11.3 Å². The van der Waals surface area contributed by atoms with Gasteiger partial charge in [0.15, 0.2) is 0 Å². The fourth-order valence-corrected chi connectivity index (χ4v) is 2.77. The molecule has 0 fully saturated rings. The van der Waals surface area contributed by atoms with E-state index in [1.54, 1.807) is 7.11 Å². The molecule has 0 bridgehead atoms. The third-order valence-corrected chi connectivity index (χ3v) is 4.14. The number of anilines is 1. The molecule has 1 atom stereocenters. The van der Waals surface area contributed by atoms with Crippen molar-refractivity contribution in [3.63, 3.8) is 0 Å². The highest BCUT2D eigenvalue weighted by Gasteiger charge is 2.13. The number of thioether (sulfide) groups is 1. The predicted molar refractivity (Wildman–Crippen MR) is 88.8 cm³/mol. The largest absolute Gasteiger partial charge is 0.383 e. The average molecular weight is 297 g/mol. The maximum absolute atomic E-state index is 5.02. The summed E-state index contributed by atoms with van der Waals surface area (Å²) in [5.74, 6) is 2.19. The lowest BCUT2D eigenvalue weighted by atomic mass is 10.2. The zero-order chi connectivity index (χ0) is 15.0. The van der Waals surface area contributed by atoms with Crippen LogP contribution >= 0.6 is 11.8 Å². The second-order valence-corrected chi connectivity index (χ2v) is 5.98. The molecule has 1 N–H and O–H groups in total. The van der Waals surface area contributed by atoms with E-state index in [9.17, 15) is 0 Å². The summed E-state index contributed by atoms with van der Waals surface area (Å²) in [5, 5.41) is 3.34. The molecule has 20 heavy (non-hydrogen) atoms. The van der Waals surface area contributed by atoms with Gasteiger partial charge in [-0.15, -0.1) is 0 Å². The third-order valence-electron chi connectivity index (χ3n) is 3.32. The van der Waals surface area contributed by atoms with Crippen LogP contribution in [0.4, 0.5) is 5.82 Å². The number of aryl methyl sites for hydroxylation is 1. The van der Waals surface area contributed by atoms with Gasteiger partial charge in [-0.1, -0.05) is 0 Å². The highest BCUT2D eigenvalue weighted by atomic mass is 32.2. The molecular formula is C15H27N3OS. The fraction of sp³-hybridized carbons (Fsp3) is 0.667. The smallest absolute Gasteiger partial charge is 0.131 e. The summed E-state index contributed by atoms with van der Waals surface area (Å²) >= 11 is 1.87. The Labute approximate surface area is 127 Å². The summed E-state index contributed by atoms with van der Waals surface area (Å²) in [4.78, 5) is 6.88. The topological polar surface area (TPSA) is 37.4 Å². The van der Waals surface area contributed by atoms with Crippen molar-refractivity contribution in [3.8, 4) is 0 Å². The molecule has 4 nitrogen and oxygen atoms in total. The Kier molecular flexibility index (Phi) is 7.95. The van der Waals surface area contributed by atoms with E-state index in [0.717, 1.165) is 31.3 Å². The number of aromatic nitrogens is 1. The number of nitrogens with zero attached hydrogens (tertiary/aromatic N) is 2. The highest BCUT2D eigenvalue weighted by Crippen LogP contribution is 2.19. The minimum atomic E-state index is 0.488. The van der Waals surface area contributed by atoms with Gasteiger partial charge in [-0.05, 0) is 37.3 Å². The summed E-state index contributed by atoms with van der Waals surface area (Å²) in [6, 6.07) is 2.70. The first kappa shape index (κ1) is 17.3. The molecule has 0 aliphatic carbocycles. The average Bonchev–Trinajstić information content (AvgIpc) is 2.43. The lowest BCUT2D eigenvalue weighted by Crippen LogP contribution is -2.32. The van der Waals surface area contributed by atoms with Crippen molar-refractivity contribution < 1.29 is 4.74 Å². The van der Waals surface area contributed by atoms with Crippen molar-refractivity contribution in [2.24, 2.45) is 0 Å². The standard InChI is InChI=1S/C15H27N3OS/c1-12-8-14(9-16-6-7-19-4)10-17-15(12)18(3)13(2)11-20-5/h8,10,13,16H,6-7,9,11H2,1-5H3. The van der Waals surface area contributed by atoms with Crippen LogP contribution in [0.15, 0.2) is 12.3 Å². The maximum Gasteiger partial charge on any atom is 0.131 e. The molecule has 114 valence electrons. The third kappa shape index (κ3) is 5.31. The summed E-state index contributed by atoms with van der Waals surface area (Å²) in [7, 11) is 3.83. The van der Waals surface area contributed by atoms with Gasteiger partial charge in [0.05, 0.1) is 6.61 Å². The molecule has 0 aromatic carbocycles. The number of pyridine rings is 1. The van der Waals surface area contributed by atoms with Crippen LogP contribution in [0.1, 0.15) is 18.1 Å². The Balaban J connectivity index is 2.63. The van der Waals surface area contributed by atoms with E-state index >= 15 is 0 Å². The van der Waals surface area contributed by atoms with E-state index in [0.29, 0.717) is 6.04 Å². The molecule has 0 aliphatic heterocycles. The van der Waals surface area contributed by atoms with Gasteiger partial charge in [0, 0.05) is 45.2 Å². The second-order valence-electron chi connectivity index (χ2n) is 5.07. The summed E-state index contributed by atoms with van der Waals surface area (Å²) < 4.78 is 5.02. The van der Waals surface area contributed by atoms with Crippen molar-refractivity contribution in [2.45, 2.75) is 26.4 Å². The Morgan fingerprint density at radius 1 is 1.50 bits per heavy atom. The molecule has 0 radical (unpaired) electrons. The quantitative estimate of drug-likeness (QED) is 0.708. The van der Waals surface area contributed by atoms with Crippen LogP contribution in [0.5, 0.6) is 0 Å². The first-order chi connectivity index (χ1) is 9.60. The van der Waals surface area contributed by atoms with E-state index in [1.165, 1.54) is 11.1 Å². The van der Waals surface area contributed by atoms with Gasteiger partial charge >= 0.3 is 0 Å². The molecule has 5 heteroatoms. The van der Waals surface area contributed by atoms with E-state index in [-0.39, 0.29) is 0 Å². The van der Waals surface area contributed by atoms with Crippen molar-refractivity contribution in [1.82, 2.24) is 10.3 Å². The molecule has 1 aromatic rings. The number of nitrogens with one attached hydrogen (secondary N) is 1. The lowest BCUT2D eigenvalue weighted by Gasteiger charge is -2.27. The summed E-state index contributed by atoms with van der Waals surface area (Å²) in [6.45, 7) is 6.80. The summed E-state index contributed by atoms with van der Waals surface area (Å²) in [5.41, 5.74) is 2.44. The maximum atomic E-state index is 5.02. The Morgan fingerprint density at radius 3 is 2.85 bits per heavy atom. The van der Waals surface area contributed by atoms with Crippen LogP contribution in [0.3, 0.4) is 0 Å². The molecular weight excluding hydrogens is 270 g/mol. The molecule has 0 amide bonds. The molecule has 1 unspecified atom stereocenters. The number of rotatable bonds is 9. The monoisotopic (exact) mass is 297 g/mol.